The Balaban J connectivity index is 1.32. The molecule has 4 aliphatic rings. The van der Waals surface area contributed by atoms with Gasteiger partial charge in [-0.2, -0.15) is 0 Å². The number of nitrogens with zero attached hydrogens (tertiary/aromatic N) is 1. The van der Waals surface area contributed by atoms with Gasteiger partial charge >= 0.3 is 0 Å². The molecule has 5 nitrogen and oxygen atoms in total. The number of nitrogens with one attached hydrogen (secondary N) is 1. The molecule has 0 unspecified atom stereocenters. The minimum Gasteiger partial charge on any atom is -0.488 e. The fourth-order valence-corrected chi connectivity index (χ4v) is 6.41. The van der Waals surface area contributed by atoms with Crippen LogP contribution in [0.3, 0.4) is 0 Å². The summed E-state index contributed by atoms with van der Waals surface area (Å²) in [6.45, 7) is 6.22. The second-order valence-electron chi connectivity index (χ2n) is 9.78. The lowest BCUT2D eigenvalue weighted by atomic mass is 9.53. The Bertz CT molecular complexity index is 910. The van der Waals surface area contributed by atoms with Crippen LogP contribution in [0.4, 0.5) is 0 Å². The molecule has 6 rings (SSSR count). The topological polar surface area (TPSA) is 64.4 Å². The standard InChI is InChI=1S/C24H30N2O3/c1-14-4-5-21(15(2)6-14)28-13-20-16(3)29-26-22(20)23(27)25-24-10-17-7-18(11-24)9-19(8-17)12-24/h4-6,17-19H,7-13H2,1-3H3,(H,25,27). The minimum absolute atomic E-state index is 0.0373. The molecule has 1 aromatic carbocycles. The van der Waals surface area contributed by atoms with Crippen LogP contribution in [0.5, 0.6) is 5.75 Å². The quantitative estimate of drug-likeness (QED) is 0.785. The van der Waals surface area contributed by atoms with E-state index in [1.807, 2.05) is 26.0 Å². The summed E-state index contributed by atoms with van der Waals surface area (Å²) < 4.78 is 11.4. The number of aromatic nitrogens is 1. The summed E-state index contributed by atoms with van der Waals surface area (Å²) in [6, 6.07) is 6.10. The number of carbonyl (C=O) groups is 1. The van der Waals surface area contributed by atoms with Gasteiger partial charge in [-0.15, -0.1) is 0 Å². The number of aryl methyl sites for hydroxylation is 3. The molecule has 0 saturated heterocycles. The first kappa shape index (κ1) is 18.7. The van der Waals surface area contributed by atoms with Gasteiger partial charge in [-0.1, -0.05) is 22.9 Å². The maximum atomic E-state index is 13.2. The fraction of sp³-hybridized carbons (Fsp3) is 0.583. The molecule has 0 atom stereocenters. The van der Waals surface area contributed by atoms with E-state index in [-0.39, 0.29) is 18.1 Å². The van der Waals surface area contributed by atoms with E-state index in [0.29, 0.717) is 11.5 Å². The Hall–Kier alpha value is -2.30. The zero-order valence-electron chi connectivity index (χ0n) is 17.6. The smallest absolute Gasteiger partial charge is 0.274 e. The highest BCUT2D eigenvalue weighted by molar-refractivity contribution is 5.94. The third kappa shape index (κ3) is 3.45. The summed E-state index contributed by atoms with van der Waals surface area (Å²) in [5.41, 5.74) is 3.37. The van der Waals surface area contributed by atoms with Crippen LogP contribution >= 0.6 is 0 Å². The Labute approximate surface area is 172 Å². The third-order valence-corrected chi connectivity index (χ3v) is 7.32. The van der Waals surface area contributed by atoms with Crippen molar-refractivity contribution in [3.05, 3.63) is 46.3 Å². The van der Waals surface area contributed by atoms with Crippen molar-refractivity contribution in [3.8, 4) is 5.75 Å². The molecule has 1 heterocycles. The van der Waals surface area contributed by atoms with E-state index >= 15 is 0 Å². The van der Waals surface area contributed by atoms with Crippen LogP contribution in [0.2, 0.25) is 0 Å². The van der Waals surface area contributed by atoms with Crippen LogP contribution in [-0.4, -0.2) is 16.6 Å². The summed E-state index contributed by atoms with van der Waals surface area (Å²) in [5.74, 6) is 3.71. The molecule has 154 valence electrons. The second-order valence-corrected chi connectivity index (χ2v) is 9.78. The van der Waals surface area contributed by atoms with Crippen LogP contribution in [-0.2, 0) is 6.61 Å². The van der Waals surface area contributed by atoms with E-state index in [4.69, 9.17) is 9.26 Å². The summed E-state index contributed by atoms with van der Waals surface area (Å²) in [6.07, 6.45) is 7.43. The molecule has 4 fully saturated rings. The molecular formula is C24H30N2O3. The number of hydrogen-bond acceptors (Lipinski definition) is 4. The molecule has 4 aliphatic carbocycles. The first-order valence-electron chi connectivity index (χ1n) is 10.9. The normalized spacial score (nSPS) is 29.8. The number of ether oxygens (including phenoxy) is 1. The van der Waals surface area contributed by atoms with Crippen molar-refractivity contribution in [2.45, 2.75) is 71.4 Å². The maximum Gasteiger partial charge on any atom is 0.274 e. The monoisotopic (exact) mass is 394 g/mol. The zero-order chi connectivity index (χ0) is 20.2. The fourth-order valence-electron chi connectivity index (χ4n) is 6.41. The van der Waals surface area contributed by atoms with Gasteiger partial charge < -0.3 is 14.6 Å². The molecule has 2 aromatic rings. The van der Waals surface area contributed by atoms with E-state index in [2.05, 4.69) is 23.5 Å². The van der Waals surface area contributed by atoms with Crippen LogP contribution in [0.1, 0.15) is 71.5 Å². The molecule has 0 radical (unpaired) electrons. The molecule has 1 aromatic heterocycles. The van der Waals surface area contributed by atoms with Crippen molar-refractivity contribution in [3.63, 3.8) is 0 Å². The maximum absolute atomic E-state index is 13.2. The van der Waals surface area contributed by atoms with E-state index in [0.717, 1.165) is 53.9 Å². The van der Waals surface area contributed by atoms with Gasteiger partial charge in [0.15, 0.2) is 5.69 Å². The number of amides is 1. The van der Waals surface area contributed by atoms with E-state index in [1.54, 1.807) is 0 Å². The van der Waals surface area contributed by atoms with Crippen LogP contribution in [0.15, 0.2) is 22.7 Å². The first-order valence-corrected chi connectivity index (χ1v) is 10.9. The van der Waals surface area contributed by atoms with Gasteiger partial charge in [-0.25, -0.2) is 0 Å². The molecule has 29 heavy (non-hydrogen) atoms. The number of carbonyl (C=O) groups excluding carboxylic acids is 1. The van der Waals surface area contributed by atoms with Crippen molar-refractivity contribution < 1.29 is 14.1 Å². The predicted molar refractivity (Wildman–Crippen MR) is 110 cm³/mol. The van der Waals surface area contributed by atoms with Crippen molar-refractivity contribution in [1.82, 2.24) is 10.5 Å². The minimum atomic E-state index is -0.108. The SMILES string of the molecule is Cc1ccc(OCc2c(C(=O)NC34CC5CC(CC(C5)C3)C4)noc2C)c(C)c1. The summed E-state index contributed by atoms with van der Waals surface area (Å²) in [4.78, 5) is 13.2. The van der Waals surface area contributed by atoms with Gasteiger partial charge in [0.2, 0.25) is 0 Å². The van der Waals surface area contributed by atoms with Crippen LogP contribution < -0.4 is 10.1 Å². The summed E-state index contributed by atoms with van der Waals surface area (Å²) >= 11 is 0. The molecule has 0 spiro atoms. The van der Waals surface area contributed by atoms with Crippen LogP contribution in [0.25, 0.3) is 0 Å². The van der Waals surface area contributed by atoms with Crippen molar-refractivity contribution in [1.29, 1.82) is 0 Å². The molecule has 1 N–H and O–H groups in total. The third-order valence-electron chi connectivity index (χ3n) is 7.32. The van der Waals surface area contributed by atoms with E-state index < -0.39 is 0 Å². The lowest BCUT2D eigenvalue weighted by Crippen LogP contribution is -2.60. The zero-order valence-corrected chi connectivity index (χ0v) is 17.6. The number of hydrogen-bond donors (Lipinski definition) is 1. The van der Waals surface area contributed by atoms with Crippen molar-refractivity contribution in [2.24, 2.45) is 17.8 Å². The molecule has 4 bridgehead atoms. The molecule has 0 aliphatic heterocycles. The highest BCUT2D eigenvalue weighted by Crippen LogP contribution is 2.55. The molecule has 5 heteroatoms. The summed E-state index contributed by atoms with van der Waals surface area (Å²) in [5, 5.41) is 7.49. The highest BCUT2D eigenvalue weighted by Gasteiger charge is 2.51. The van der Waals surface area contributed by atoms with Crippen molar-refractivity contribution in [2.75, 3.05) is 0 Å². The number of benzene rings is 1. The molecule has 4 saturated carbocycles. The highest BCUT2D eigenvalue weighted by atomic mass is 16.5. The van der Waals surface area contributed by atoms with E-state index in [1.165, 1.54) is 24.8 Å². The summed E-state index contributed by atoms with van der Waals surface area (Å²) in [7, 11) is 0. The largest absolute Gasteiger partial charge is 0.488 e. The van der Waals surface area contributed by atoms with Gasteiger partial charge in [-0.05, 0) is 88.7 Å². The Morgan fingerprint density at radius 1 is 1.14 bits per heavy atom. The van der Waals surface area contributed by atoms with Crippen LogP contribution in [0, 0.1) is 38.5 Å². The van der Waals surface area contributed by atoms with Crippen molar-refractivity contribution >= 4 is 5.91 Å². The Kier molecular flexibility index (Phi) is 4.45. The molecular weight excluding hydrogens is 364 g/mol. The van der Waals surface area contributed by atoms with Gasteiger partial charge in [-0.3, -0.25) is 4.79 Å². The lowest BCUT2D eigenvalue weighted by Gasteiger charge is -2.56. The average Bonchev–Trinajstić information content (AvgIpc) is 3.00. The van der Waals surface area contributed by atoms with Gasteiger partial charge in [0.1, 0.15) is 18.1 Å². The average molecular weight is 395 g/mol. The Morgan fingerprint density at radius 2 is 1.79 bits per heavy atom. The molecule has 1 amide bonds. The Morgan fingerprint density at radius 3 is 2.41 bits per heavy atom. The van der Waals surface area contributed by atoms with Gasteiger partial charge in [0.05, 0.1) is 5.56 Å². The van der Waals surface area contributed by atoms with Gasteiger partial charge in [0.25, 0.3) is 5.91 Å². The van der Waals surface area contributed by atoms with Gasteiger partial charge in [0, 0.05) is 5.54 Å². The number of rotatable bonds is 5. The first-order chi connectivity index (χ1) is 13.9. The predicted octanol–water partition coefficient (Wildman–Crippen LogP) is 4.88. The second kappa shape index (κ2) is 6.89. The lowest BCUT2D eigenvalue weighted by molar-refractivity contribution is -0.0168. The van der Waals surface area contributed by atoms with E-state index in [9.17, 15) is 4.79 Å².